The summed E-state index contributed by atoms with van der Waals surface area (Å²) in [7, 11) is 0. The summed E-state index contributed by atoms with van der Waals surface area (Å²) in [5, 5.41) is 22.1. The molecule has 2 aromatic rings. The number of nitrogens with zero attached hydrogens (tertiary/aromatic N) is 5. The molecular formula is C21H26F6N6O5. The van der Waals surface area contributed by atoms with Crippen LogP contribution >= 0.6 is 0 Å². The van der Waals surface area contributed by atoms with Crippen LogP contribution in [-0.4, -0.2) is 91.5 Å². The Morgan fingerprint density at radius 2 is 1.53 bits per heavy atom. The van der Waals surface area contributed by atoms with E-state index in [1.54, 1.807) is 12.4 Å². The summed E-state index contributed by atoms with van der Waals surface area (Å²) >= 11 is 0. The molecule has 1 unspecified atom stereocenters. The zero-order valence-corrected chi connectivity index (χ0v) is 19.8. The first-order chi connectivity index (χ1) is 17.8. The molecule has 0 aliphatic carbocycles. The van der Waals surface area contributed by atoms with Gasteiger partial charge in [0.05, 0.1) is 5.69 Å². The van der Waals surface area contributed by atoms with E-state index in [1.807, 2.05) is 12.3 Å². The van der Waals surface area contributed by atoms with E-state index >= 15 is 0 Å². The molecule has 2 aliphatic heterocycles. The number of ether oxygens (including phenoxy) is 1. The van der Waals surface area contributed by atoms with E-state index in [0.717, 1.165) is 52.2 Å². The lowest BCUT2D eigenvalue weighted by Gasteiger charge is -2.34. The molecule has 3 N–H and O–H groups in total. The predicted octanol–water partition coefficient (Wildman–Crippen LogP) is 2.66. The maximum Gasteiger partial charge on any atom is 0.490 e. The van der Waals surface area contributed by atoms with Crippen molar-refractivity contribution in [2.24, 2.45) is 5.92 Å². The smallest absolute Gasteiger partial charge is 0.475 e. The maximum absolute atomic E-state index is 10.6. The van der Waals surface area contributed by atoms with Gasteiger partial charge >= 0.3 is 24.3 Å². The van der Waals surface area contributed by atoms with E-state index in [4.69, 9.17) is 24.5 Å². The lowest BCUT2D eigenvalue weighted by molar-refractivity contribution is -0.193. The Labute approximate surface area is 212 Å². The Morgan fingerprint density at radius 3 is 2.05 bits per heavy atom. The first-order valence-electron chi connectivity index (χ1n) is 11.2. The van der Waals surface area contributed by atoms with Gasteiger partial charge in [-0.3, -0.25) is 9.58 Å². The quantitative estimate of drug-likeness (QED) is 0.481. The van der Waals surface area contributed by atoms with Crippen LogP contribution in [0.1, 0.15) is 18.5 Å². The largest absolute Gasteiger partial charge is 0.490 e. The van der Waals surface area contributed by atoms with Gasteiger partial charge in [-0.05, 0) is 25.0 Å². The van der Waals surface area contributed by atoms with Crippen LogP contribution in [0.5, 0.6) is 0 Å². The van der Waals surface area contributed by atoms with Crippen molar-refractivity contribution >= 4 is 17.9 Å². The third-order valence-corrected chi connectivity index (χ3v) is 5.40. The van der Waals surface area contributed by atoms with Gasteiger partial charge in [0.25, 0.3) is 0 Å². The molecule has 0 spiro atoms. The van der Waals surface area contributed by atoms with Crippen molar-refractivity contribution in [3.8, 4) is 0 Å². The van der Waals surface area contributed by atoms with Gasteiger partial charge in [-0.1, -0.05) is 0 Å². The van der Waals surface area contributed by atoms with Gasteiger partial charge in [0, 0.05) is 69.9 Å². The Balaban J connectivity index is 0.000000301. The fourth-order valence-corrected chi connectivity index (χ4v) is 3.65. The molecular weight excluding hydrogens is 530 g/mol. The molecule has 4 rings (SSSR count). The first-order valence-corrected chi connectivity index (χ1v) is 11.2. The Kier molecular flexibility index (Phi) is 11.2. The number of aromatic nitrogens is 4. The van der Waals surface area contributed by atoms with E-state index in [9.17, 15) is 26.3 Å². The monoisotopic (exact) mass is 556 g/mol. The van der Waals surface area contributed by atoms with Crippen molar-refractivity contribution in [3.05, 3.63) is 36.4 Å². The molecule has 212 valence electrons. The molecule has 11 nitrogen and oxygen atoms in total. The number of fused-ring (bicyclic) bond motifs is 1. The Bertz CT molecular complexity index is 990. The molecule has 0 amide bonds. The molecule has 4 heterocycles. The highest BCUT2D eigenvalue weighted by Crippen LogP contribution is 2.23. The lowest BCUT2D eigenvalue weighted by Crippen LogP contribution is -2.42. The van der Waals surface area contributed by atoms with Gasteiger partial charge < -0.3 is 20.3 Å². The van der Waals surface area contributed by atoms with E-state index < -0.39 is 24.3 Å². The van der Waals surface area contributed by atoms with Crippen LogP contribution in [0.3, 0.4) is 0 Å². The molecule has 0 saturated carbocycles. The van der Waals surface area contributed by atoms with Crippen LogP contribution in [0.4, 0.5) is 32.3 Å². The number of aliphatic carboxylic acids is 2. The SMILES string of the molecule is O=C(O)C(F)(F)F.O=C(O)C(F)(F)F.c1cnc(NCC2CN(C3CCOCC3)Cc3ccnn3C2)nc1. The van der Waals surface area contributed by atoms with Crippen molar-refractivity contribution in [1.29, 1.82) is 0 Å². The van der Waals surface area contributed by atoms with E-state index in [-0.39, 0.29) is 0 Å². The average molecular weight is 556 g/mol. The minimum atomic E-state index is -5.08. The first kappa shape index (κ1) is 30.8. The fraction of sp³-hybridized carbons (Fsp3) is 0.571. The van der Waals surface area contributed by atoms with Crippen LogP contribution in [-0.2, 0) is 27.4 Å². The van der Waals surface area contributed by atoms with Gasteiger partial charge in [-0.25, -0.2) is 19.6 Å². The summed E-state index contributed by atoms with van der Waals surface area (Å²) in [6.45, 7) is 5.57. The number of carbonyl (C=O) groups is 2. The topological polar surface area (TPSA) is 143 Å². The molecule has 1 saturated heterocycles. The third kappa shape index (κ3) is 10.5. The molecule has 1 fully saturated rings. The Morgan fingerprint density at radius 1 is 0.974 bits per heavy atom. The van der Waals surface area contributed by atoms with E-state index in [1.165, 1.54) is 5.69 Å². The number of alkyl halides is 6. The number of rotatable bonds is 4. The zero-order valence-electron chi connectivity index (χ0n) is 19.8. The van der Waals surface area contributed by atoms with Crippen molar-refractivity contribution in [2.45, 2.75) is 44.3 Å². The minimum absolute atomic E-state index is 0.470. The molecule has 0 radical (unpaired) electrons. The molecule has 0 aromatic carbocycles. The fourth-order valence-electron chi connectivity index (χ4n) is 3.65. The average Bonchev–Trinajstić information content (AvgIpc) is 3.21. The van der Waals surface area contributed by atoms with Crippen LogP contribution in [0, 0.1) is 5.92 Å². The zero-order chi connectivity index (χ0) is 28.3. The van der Waals surface area contributed by atoms with Crippen molar-refractivity contribution in [1.82, 2.24) is 24.6 Å². The molecule has 2 aromatic heterocycles. The summed E-state index contributed by atoms with van der Waals surface area (Å²) in [6.07, 6.45) is -2.48. The summed E-state index contributed by atoms with van der Waals surface area (Å²) in [6, 6.07) is 4.58. The van der Waals surface area contributed by atoms with E-state index in [2.05, 4.69) is 36.0 Å². The molecule has 2 aliphatic rings. The number of anilines is 1. The highest BCUT2D eigenvalue weighted by Gasteiger charge is 2.39. The summed E-state index contributed by atoms with van der Waals surface area (Å²) < 4.78 is 71.2. The van der Waals surface area contributed by atoms with Crippen molar-refractivity contribution in [3.63, 3.8) is 0 Å². The summed E-state index contributed by atoms with van der Waals surface area (Å²) in [5.41, 5.74) is 1.31. The second-order valence-electron chi connectivity index (χ2n) is 8.20. The Hall–Kier alpha value is -3.47. The number of carboxylic acids is 2. The van der Waals surface area contributed by atoms with Gasteiger partial charge in [0.1, 0.15) is 0 Å². The summed E-state index contributed by atoms with van der Waals surface area (Å²) in [5.74, 6) is -4.35. The molecule has 17 heteroatoms. The van der Waals surface area contributed by atoms with Gasteiger partial charge in [-0.15, -0.1) is 0 Å². The number of nitrogens with one attached hydrogen (secondary N) is 1. The van der Waals surface area contributed by atoms with E-state index in [0.29, 0.717) is 17.9 Å². The highest BCUT2D eigenvalue weighted by molar-refractivity contribution is 5.73. The van der Waals surface area contributed by atoms with Crippen molar-refractivity contribution < 1.29 is 50.9 Å². The van der Waals surface area contributed by atoms with Crippen LogP contribution in [0.2, 0.25) is 0 Å². The summed E-state index contributed by atoms with van der Waals surface area (Å²) in [4.78, 5) is 28.9. The maximum atomic E-state index is 10.6. The van der Waals surface area contributed by atoms with Gasteiger partial charge in [0.15, 0.2) is 0 Å². The number of hydrogen-bond donors (Lipinski definition) is 3. The van der Waals surface area contributed by atoms with Crippen LogP contribution in [0.25, 0.3) is 0 Å². The van der Waals surface area contributed by atoms with Crippen molar-refractivity contribution in [2.75, 3.05) is 31.6 Å². The normalized spacial score (nSPS) is 18.5. The lowest BCUT2D eigenvalue weighted by atomic mass is 10.0. The standard InChI is InChI=1S/C17H24N6O.2C2HF3O2/c1-5-18-17(19-6-1)20-10-14-11-22(15-3-8-24-9-4-15)13-16-2-7-21-23(16)12-14;2*3-2(4,5)1(6)7/h1-2,5-7,14-15H,3-4,8-13H2,(H,18,19,20);2*(H,6,7). The molecule has 1 atom stereocenters. The molecule has 38 heavy (non-hydrogen) atoms. The minimum Gasteiger partial charge on any atom is -0.475 e. The highest BCUT2D eigenvalue weighted by atomic mass is 19.4. The van der Waals surface area contributed by atoms with Crippen LogP contribution < -0.4 is 5.32 Å². The second kappa shape index (κ2) is 13.9. The number of hydrogen-bond acceptors (Lipinski definition) is 8. The second-order valence-corrected chi connectivity index (χ2v) is 8.20. The number of carboxylic acid groups (broad SMARTS) is 2. The van der Waals surface area contributed by atoms with Gasteiger partial charge in [0.2, 0.25) is 5.95 Å². The predicted molar refractivity (Wildman–Crippen MR) is 118 cm³/mol. The van der Waals surface area contributed by atoms with Crippen LogP contribution in [0.15, 0.2) is 30.7 Å². The molecule has 0 bridgehead atoms. The van der Waals surface area contributed by atoms with Gasteiger partial charge in [-0.2, -0.15) is 31.4 Å². The third-order valence-electron chi connectivity index (χ3n) is 5.40. The number of halogens is 6.